The van der Waals surface area contributed by atoms with Crippen molar-refractivity contribution in [3.05, 3.63) is 21.5 Å². The summed E-state index contributed by atoms with van der Waals surface area (Å²) in [6.45, 7) is 0. The van der Waals surface area contributed by atoms with Crippen LogP contribution in [0.5, 0.6) is 0 Å². The average Bonchev–Trinajstić information content (AvgIpc) is 2.64. The summed E-state index contributed by atoms with van der Waals surface area (Å²) in [4.78, 5) is 0. The molecular formula is C9H17Cl2Zr. The zero-order chi connectivity index (χ0) is 9.98. The first kappa shape index (κ1) is 15.4. The van der Waals surface area contributed by atoms with Crippen LogP contribution in [0, 0.1) is 0 Å². The van der Waals surface area contributed by atoms with E-state index in [0.29, 0.717) is 0 Å². The van der Waals surface area contributed by atoms with Gasteiger partial charge >= 0.3 is 58.9 Å². The molecule has 0 atom stereocenters. The molecule has 0 fully saturated rings. The van der Waals surface area contributed by atoms with Gasteiger partial charge in [0.05, 0.1) is 0 Å². The van der Waals surface area contributed by atoms with Crippen molar-refractivity contribution in [2.45, 2.75) is 15.7 Å². The van der Waals surface area contributed by atoms with Crippen molar-refractivity contribution in [1.29, 1.82) is 0 Å². The van der Waals surface area contributed by atoms with Gasteiger partial charge in [0.15, 0.2) is 0 Å². The van der Waals surface area contributed by atoms with Gasteiger partial charge in [-0.25, -0.2) is 0 Å². The molecule has 0 aromatic heterocycles. The second-order valence-corrected chi connectivity index (χ2v) is 8.82. The summed E-state index contributed by atoms with van der Waals surface area (Å²) in [5.41, 5.74) is 0. The fourth-order valence-electron chi connectivity index (χ4n) is 0.818. The van der Waals surface area contributed by atoms with Crippen LogP contribution >= 0.6 is 23.2 Å². The van der Waals surface area contributed by atoms with Crippen molar-refractivity contribution in [3.8, 4) is 0 Å². The van der Waals surface area contributed by atoms with Gasteiger partial charge in [-0.15, -0.1) is 23.2 Å². The van der Waals surface area contributed by atoms with Crippen molar-refractivity contribution >= 4 is 23.2 Å². The zero-order valence-corrected chi connectivity index (χ0v) is 12.2. The van der Waals surface area contributed by atoms with Gasteiger partial charge in [-0.3, -0.25) is 0 Å². The van der Waals surface area contributed by atoms with Crippen LogP contribution in [0.2, 0.25) is 9.26 Å². The van der Waals surface area contributed by atoms with Gasteiger partial charge in [0, 0.05) is 12.8 Å². The minimum absolute atomic E-state index is 0.909. The van der Waals surface area contributed by atoms with Gasteiger partial charge in [0.1, 0.15) is 0 Å². The Hall–Kier alpha value is 0.943. The fraction of sp³-hybridized carbons (Fsp3) is 0.556. The molecule has 1 aliphatic rings. The SMILES string of the molecule is CCl.CCl.[CH3][Zr]([CH3])[C]1=CC=CC1. The van der Waals surface area contributed by atoms with Crippen LogP contribution in [0.15, 0.2) is 21.5 Å². The van der Waals surface area contributed by atoms with Crippen LogP contribution in [0.3, 0.4) is 0 Å². The average molecular weight is 287 g/mol. The number of hydrogen-bond donors (Lipinski definition) is 0. The molecular weight excluding hydrogens is 270 g/mol. The van der Waals surface area contributed by atoms with Crippen molar-refractivity contribution in [2.24, 2.45) is 0 Å². The van der Waals surface area contributed by atoms with Crippen LogP contribution in [-0.2, 0) is 21.8 Å². The fourth-order valence-corrected chi connectivity index (χ4v) is 3.17. The van der Waals surface area contributed by atoms with Gasteiger partial charge in [0.2, 0.25) is 0 Å². The Morgan fingerprint density at radius 1 is 1.17 bits per heavy atom. The van der Waals surface area contributed by atoms with E-state index in [1.165, 1.54) is 19.2 Å². The van der Waals surface area contributed by atoms with Gasteiger partial charge in [0.25, 0.3) is 0 Å². The monoisotopic (exact) mass is 285 g/mol. The van der Waals surface area contributed by atoms with Crippen molar-refractivity contribution in [1.82, 2.24) is 0 Å². The zero-order valence-electron chi connectivity index (χ0n) is 8.20. The van der Waals surface area contributed by atoms with E-state index in [2.05, 4.69) is 50.7 Å². The van der Waals surface area contributed by atoms with E-state index in [0.717, 1.165) is 0 Å². The number of alkyl halides is 2. The summed E-state index contributed by atoms with van der Waals surface area (Å²) in [6, 6.07) is 0. The van der Waals surface area contributed by atoms with Crippen LogP contribution in [0.4, 0.5) is 0 Å². The Balaban J connectivity index is 0. The molecule has 1 rings (SSSR count). The maximum atomic E-state index is 4.64. The minimum atomic E-state index is -0.909. The van der Waals surface area contributed by atoms with E-state index in [1.807, 2.05) is 0 Å². The summed E-state index contributed by atoms with van der Waals surface area (Å²) >= 11 is 8.37. The molecule has 71 valence electrons. The van der Waals surface area contributed by atoms with Gasteiger partial charge in [-0.1, -0.05) is 0 Å². The number of halogens is 2. The van der Waals surface area contributed by atoms with E-state index in [4.69, 9.17) is 0 Å². The van der Waals surface area contributed by atoms with E-state index < -0.39 is 21.8 Å². The summed E-state index contributed by atoms with van der Waals surface area (Å²) < 4.78 is 6.62. The Morgan fingerprint density at radius 2 is 1.67 bits per heavy atom. The quantitative estimate of drug-likeness (QED) is 0.632. The third-order valence-electron chi connectivity index (χ3n) is 1.41. The number of allylic oxidation sites excluding steroid dienone is 4. The standard InChI is InChI=1S/C5H5.2CH3Cl.2CH3.Zr/c1-2-4-5-3-1;2*1-2;;;/h1-3H,4H2;2*1H3;2*1H3;. The number of hydrogen-bond acceptors (Lipinski definition) is 0. The van der Waals surface area contributed by atoms with Crippen LogP contribution in [0.1, 0.15) is 6.42 Å². The summed E-state index contributed by atoms with van der Waals surface area (Å²) in [5.74, 6) is 0. The normalized spacial score (nSPS) is 12.0. The molecule has 0 aromatic rings. The predicted octanol–water partition coefficient (Wildman–Crippen LogP) is 4.25. The first-order valence-corrected chi connectivity index (χ1v) is 11.4. The van der Waals surface area contributed by atoms with Crippen molar-refractivity contribution < 1.29 is 21.8 Å². The molecule has 3 heteroatoms. The van der Waals surface area contributed by atoms with Crippen molar-refractivity contribution in [3.63, 3.8) is 0 Å². The third-order valence-corrected chi connectivity index (χ3v) is 5.48. The molecule has 0 unspecified atom stereocenters. The predicted molar refractivity (Wildman–Crippen MR) is 57.1 cm³/mol. The molecule has 0 aliphatic heterocycles. The Bertz CT molecular complexity index is 139. The molecule has 0 saturated heterocycles. The van der Waals surface area contributed by atoms with E-state index >= 15 is 0 Å². The van der Waals surface area contributed by atoms with Crippen LogP contribution in [0.25, 0.3) is 0 Å². The first-order chi connectivity index (χ1) is 5.80. The Kier molecular flexibility index (Phi) is 15.3. The summed E-state index contributed by atoms with van der Waals surface area (Å²) in [5, 5.41) is 0. The second kappa shape index (κ2) is 11.9. The number of rotatable bonds is 1. The summed E-state index contributed by atoms with van der Waals surface area (Å²) in [7, 11) is 0. The molecule has 0 bridgehead atoms. The summed E-state index contributed by atoms with van der Waals surface area (Å²) in [6.07, 6.45) is 10.9. The molecule has 0 spiro atoms. The Labute approximate surface area is 94.3 Å². The van der Waals surface area contributed by atoms with E-state index in [1.54, 1.807) is 3.28 Å². The topological polar surface area (TPSA) is 0 Å². The van der Waals surface area contributed by atoms with Gasteiger partial charge in [-0.2, -0.15) is 0 Å². The molecule has 1 aliphatic carbocycles. The molecule has 12 heavy (non-hydrogen) atoms. The van der Waals surface area contributed by atoms with E-state index in [-0.39, 0.29) is 0 Å². The molecule has 0 nitrogen and oxygen atoms in total. The molecule has 0 aromatic carbocycles. The Morgan fingerprint density at radius 3 is 1.83 bits per heavy atom. The molecule has 0 amide bonds. The van der Waals surface area contributed by atoms with Crippen LogP contribution < -0.4 is 0 Å². The van der Waals surface area contributed by atoms with Gasteiger partial charge in [-0.05, 0) is 0 Å². The van der Waals surface area contributed by atoms with Crippen LogP contribution in [-0.4, -0.2) is 12.8 Å². The molecule has 0 N–H and O–H groups in total. The third kappa shape index (κ3) is 7.58. The first-order valence-electron chi connectivity index (χ1n) is 3.72. The van der Waals surface area contributed by atoms with Crippen molar-refractivity contribution in [2.75, 3.05) is 12.8 Å². The van der Waals surface area contributed by atoms with Gasteiger partial charge < -0.3 is 0 Å². The molecule has 0 saturated carbocycles. The maximum absolute atomic E-state index is 4.64. The van der Waals surface area contributed by atoms with E-state index in [9.17, 15) is 0 Å². The second-order valence-electron chi connectivity index (χ2n) is 2.32. The molecule has 0 radical (unpaired) electrons. The molecule has 0 heterocycles.